The summed E-state index contributed by atoms with van der Waals surface area (Å²) >= 11 is 0. The largest absolute Gasteiger partial charge is 0.463 e. The van der Waals surface area contributed by atoms with Crippen LogP contribution in [0.15, 0.2) is 0 Å². The van der Waals surface area contributed by atoms with E-state index in [1.807, 2.05) is 13.8 Å². The highest BCUT2D eigenvalue weighted by Crippen LogP contribution is 2.13. The maximum absolute atomic E-state index is 11.1. The lowest BCUT2D eigenvalue weighted by Crippen LogP contribution is -2.58. The van der Waals surface area contributed by atoms with Gasteiger partial charge in [-0.25, -0.2) is 0 Å². The number of hydrogen-bond donors (Lipinski definition) is 1. The molecule has 1 aliphatic rings. The summed E-state index contributed by atoms with van der Waals surface area (Å²) in [5.41, 5.74) is -0.501. The van der Waals surface area contributed by atoms with Gasteiger partial charge in [0.1, 0.15) is 12.1 Å². The molecule has 1 N–H and O–H groups in total. The van der Waals surface area contributed by atoms with E-state index in [1.165, 1.54) is 0 Å². The van der Waals surface area contributed by atoms with Gasteiger partial charge in [0.25, 0.3) is 0 Å². The molecule has 3 nitrogen and oxygen atoms in total. The van der Waals surface area contributed by atoms with Gasteiger partial charge in [0.15, 0.2) is 0 Å². The van der Waals surface area contributed by atoms with Crippen LogP contribution < -0.4 is 5.32 Å². The zero-order valence-electron chi connectivity index (χ0n) is 7.31. The Kier molecular flexibility index (Phi) is 2.18. The van der Waals surface area contributed by atoms with Gasteiger partial charge in [-0.2, -0.15) is 0 Å². The zero-order valence-corrected chi connectivity index (χ0v) is 7.31. The molecule has 1 saturated heterocycles. The van der Waals surface area contributed by atoms with Crippen LogP contribution in [0.1, 0.15) is 27.2 Å². The summed E-state index contributed by atoms with van der Waals surface area (Å²) in [4.78, 5) is 11.1. The van der Waals surface area contributed by atoms with Crippen molar-refractivity contribution in [2.75, 3.05) is 6.61 Å². The topological polar surface area (TPSA) is 38.3 Å². The van der Waals surface area contributed by atoms with Crippen LogP contribution in [0.2, 0.25) is 0 Å². The first-order chi connectivity index (χ1) is 5.06. The van der Waals surface area contributed by atoms with Crippen molar-refractivity contribution in [1.82, 2.24) is 5.32 Å². The number of esters is 1. The second-order valence-electron chi connectivity index (χ2n) is 3.47. The van der Waals surface area contributed by atoms with Gasteiger partial charge in [-0.15, -0.1) is 0 Å². The Morgan fingerprint density at radius 2 is 2.36 bits per heavy atom. The number of morpholine rings is 1. The van der Waals surface area contributed by atoms with Crippen molar-refractivity contribution < 1.29 is 9.53 Å². The molecular formula is C8H15NO2. The van der Waals surface area contributed by atoms with Gasteiger partial charge < -0.3 is 4.74 Å². The predicted octanol–water partition coefficient (Wildman–Crippen LogP) is 0.690. The lowest BCUT2D eigenvalue weighted by molar-refractivity contribution is -0.157. The van der Waals surface area contributed by atoms with E-state index in [0.29, 0.717) is 12.6 Å². The van der Waals surface area contributed by atoms with Crippen molar-refractivity contribution in [3.8, 4) is 0 Å². The SMILES string of the molecule is CCC1COC(=O)C(C)(C)N1. The van der Waals surface area contributed by atoms with Crippen LogP contribution in [0.4, 0.5) is 0 Å². The third-order valence-corrected chi connectivity index (χ3v) is 1.98. The first kappa shape index (κ1) is 8.53. The summed E-state index contributed by atoms with van der Waals surface area (Å²) in [5.74, 6) is -0.151. The Morgan fingerprint density at radius 1 is 1.73 bits per heavy atom. The van der Waals surface area contributed by atoms with Gasteiger partial charge in [0.2, 0.25) is 0 Å². The van der Waals surface area contributed by atoms with Crippen LogP contribution in [-0.4, -0.2) is 24.2 Å². The van der Waals surface area contributed by atoms with E-state index >= 15 is 0 Å². The average Bonchev–Trinajstić information content (AvgIpc) is 1.95. The van der Waals surface area contributed by atoms with E-state index in [1.54, 1.807) is 0 Å². The highest BCUT2D eigenvalue weighted by atomic mass is 16.5. The van der Waals surface area contributed by atoms with Crippen LogP contribution in [0.3, 0.4) is 0 Å². The third-order valence-electron chi connectivity index (χ3n) is 1.98. The zero-order chi connectivity index (χ0) is 8.48. The minimum absolute atomic E-state index is 0.151. The molecule has 1 rings (SSSR count). The molecule has 64 valence electrons. The first-order valence-electron chi connectivity index (χ1n) is 4.01. The summed E-state index contributed by atoms with van der Waals surface area (Å²) < 4.78 is 5.00. The maximum Gasteiger partial charge on any atom is 0.325 e. The number of rotatable bonds is 1. The minimum Gasteiger partial charge on any atom is -0.463 e. The lowest BCUT2D eigenvalue weighted by atomic mass is 10.0. The number of hydrogen-bond acceptors (Lipinski definition) is 3. The molecule has 0 spiro atoms. The molecule has 11 heavy (non-hydrogen) atoms. The van der Waals surface area contributed by atoms with Crippen LogP contribution in [0.25, 0.3) is 0 Å². The molecule has 1 atom stereocenters. The number of ether oxygens (including phenoxy) is 1. The normalized spacial score (nSPS) is 29.7. The molecule has 0 aromatic rings. The van der Waals surface area contributed by atoms with Gasteiger partial charge in [-0.1, -0.05) is 6.92 Å². The average molecular weight is 157 g/mol. The molecule has 1 heterocycles. The molecule has 0 aromatic heterocycles. The van der Waals surface area contributed by atoms with E-state index in [4.69, 9.17) is 4.74 Å². The van der Waals surface area contributed by atoms with E-state index in [9.17, 15) is 4.79 Å². The van der Waals surface area contributed by atoms with Crippen molar-refractivity contribution in [3.63, 3.8) is 0 Å². The molecule has 1 fully saturated rings. The molecule has 0 radical (unpaired) electrons. The standard InChI is InChI=1S/C8H15NO2/c1-4-6-5-11-7(10)8(2,3)9-6/h6,9H,4-5H2,1-3H3. The molecule has 1 unspecified atom stereocenters. The number of carbonyl (C=O) groups excluding carboxylic acids is 1. The molecular weight excluding hydrogens is 142 g/mol. The Bertz CT molecular complexity index is 165. The van der Waals surface area contributed by atoms with Crippen molar-refractivity contribution in [3.05, 3.63) is 0 Å². The van der Waals surface area contributed by atoms with E-state index < -0.39 is 5.54 Å². The van der Waals surface area contributed by atoms with Crippen LogP contribution in [0.5, 0.6) is 0 Å². The highest BCUT2D eigenvalue weighted by Gasteiger charge is 2.35. The Hall–Kier alpha value is -0.570. The third kappa shape index (κ3) is 1.71. The molecule has 0 aromatic carbocycles. The van der Waals surface area contributed by atoms with Crippen molar-refractivity contribution in [2.24, 2.45) is 0 Å². The quantitative estimate of drug-likeness (QED) is 0.569. The van der Waals surface area contributed by atoms with Crippen molar-refractivity contribution in [1.29, 1.82) is 0 Å². The van der Waals surface area contributed by atoms with Gasteiger partial charge in [-0.3, -0.25) is 10.1 Å². The fourth-order valence-corrected chi connectivity index (χ4v) is 1.19. The smallest absolute Gasteiger partial charge is 0.325 e. The lowest BCUT2D eigenvalue weighted by Gasteiger charge is -2.34. The first-order valence-corrected chi connectivity index (χ1v) is 4.01. The van der Waals surface area contributed by atoms with E-state index in [-0.39, 0.29) is 5.97 Å². The van der Waals surface area contributed by atoms with Gasteiger partial charge >= 0.3 is 5.97 Å². The Balaban J connectivity index is 2.59. The molecule has 0 bridgehead atoms. The van der Waals surface area contributed by atoms with E-state index in [2.05, 4.69) is 12.2 Å². The van der Waals surface area contributed by atoms with Crippen molar-refractivity contribution >= 4 is 5.97 Å². The van der Waals surface area contributed by atoms with E-state index in [0.717, 1.165) is 6.42 Å². The molecule has 0 aliphatic carbocycles. The van der Waals surface area contributed by atoms with Gasteiger partial charge in [0.05, 0.1) is 0 Å². The van der Waals surface area contributed by atoms with Gasteiger partial charge in [0, 0.05) is 6.04 Å². The second-order valence-corrected chi connectivity index (χ2v) is 3.47. The summed E-state index contributed by atoms with van der Waals surface area (Å²) in [6.45, 7) is 6.28. The maximum atomic E-state index is 11.1. The summed E-state index contributed by atoms with van der Waals surface area (Å²) in [6, 6.07) is 0.322. The predicted molar refractivity (Wildman–Crippen MR) is 42.3 cm³/mol. The van der Waals surface area contributed by atoms with Crippen molar-refractivity contribution in [2.45, 2.75) is 38.8 Å². The minimum atomic E-state index is -0.501. The monoisotopic (exact) mass is 157 g/mol. The molecule has 3 heteroatoms. The fourth-order valence-electron chi connectivity index (χ4n) is 1.19. The highest BCUT2D eigenvalue weighted by molar-refractivity contribution is 5.80. The Morgan fingerprint density at radius 3 is 2.82 bits per heavy atom. The fraction of sp³-hybridized carbons (Fsp3) is 0.875. The Labute approximate surface area is 67.1 Å². The second kappa shape index (κ2) is 2.81. The summed E-state index contributed by atoms with van der Waals surface area (Å²) in [5, 5.41) is 3.22. The molecule has 0 saturated carbocycles. The van der Waals surface area contributed by atoms with Crippen LogP contribution >= 0.6 is 0 Å². The van der Waals surface area contributed by atoms with Crippen LogP contribution in [0, 0.1) is 0 Å². The number of cyclic esters (lactones) is 1. The number of nitrogens with one attached hydrogen (secondary N) is 1. The summed E-state index contributed by atoms with van der Waals surface area (Å²) in [7, 11) is 0. The molecule has 0 amide bonds. The number of carbonyl (C=O) groups is 1. The van der Waals surface area contributed by atoms with Gasteiger partial charge in [-0.05, 0) is 20.3 Å². The summed E-state index contributed by atoms with van der Waals surface area (Å²) in [6.07, 6.45) is 0.997. The molecule has 1 aliphatic heterocycles. The van der Waals surface area contributed by atoms with Crippen LogP contribution in [-0.2, 0) is 9.53 Å².